The summed E-state index contributed by atoms with van der Waals surface area (Å²) in [6.07, 6.45) is 9.64. The van der Waals surface area contributed by atoms with Crippen molar-refractivity contribution in [3.63, 3.8) is 0 Å². The van der Waals surface area contributed by atoms with Crippen LogP contribution in [-0.2, 0) is 16.1 Å². The van der Waals surface area contributed by atoms with E-state index in [0.717, 1.165) is 58.6 Å². The average molecular weight is 502 g/mol. The van der Waals surface area contributed by atoms with Gasteiger partial charge >= 0.3 is 0 Å². The highest BCUT2D eigenvalue weighted by atomic mass is 79.9. The number of halogens is 1. The Balaban J connectivity index is 1.66. The van der Waals surface area contributed by atoms with E-state index < -0.39 is 0 Å². The van der Waals surface area contributed by atoms with Crippen LogP contribution in [0.1, 0.15) is 31.2 Å². The third kappa shape index (κ3) is 4.65. The summed E-state index contributed by atoms with van der Waals surface area (Å²) >= 11 is 4.44. The van der Waals surface area contributed by atoms with Gasteiger partial charge in [-0.25, -0.2) is 0 Å². The van der Waals surface area contributed by atoms with Crippen molar-refractivity contribution < 1.29 is 14.4 Å². The molecule has 2 aromatic rings. The minimum absolute atomic E-state index is 0.111. The van der Waals surface area contributed by atoms with Gasteiger partial charge in [0.05, 0.1) is 4.91 Å². The van der Waals surface area contributed by atoms with Gasteiger partial charge in [-0.1, -0.05) is 34.8 Å². The van der Waals surface area contributed by atoms with Gasteiger partial charge in [0, 0.05) is 46.8 Å². The number of likely N-dealkylation sites (tertiary alicyclic amines) is 1. The molecule has 162 valence electrons. The quantitative estimate of drug-likeness (QED) is 0.425. The topological polar surface area (TPSA) is 62.6 Å². The van der Waals surface area contributed by atoms with E-state index in [9.17, 15) is 14.4 Å². The summed E-state index contributed by atoms with van der Waals surface area (Å²) < 4.78 is 2.85. The van der Waals surface area contributed by atoms with Crippen molar-refractivity contribution in [3.05, 3.63) is 52.0 Å². The van der Waals surface area contributed by atoms with E-state index in [0.29, 0.717) is 4.91 Å². The molecule has 2 aliphatic heterocycles. The minimum Gasteiger partial charge on any atom is -0.341 e. The third-order valence-corrected chi connectivity index (χ3v) is 7.01. The second-order valence-electron chi connectivity index (χ2n) is 7.75. The van der Waals surface area contributed by atoms with Crippen LogP contribution in [0.5, 0.6) is 0 Å². The Labute approximate surface area is 194 Å². The van der Waals surface area contributed by atoms with Crippen LogP contribution in [0.15, 0.2) is 46.4 Å². The van der Waals surface area contributed by atoms with Gasteiger partial charge in [0.15, 0.2) is 0 Å². The number of amides is 3. The molecule has 0 aliphatic carbocycles. The Hall–Kier alpha value is -2.32. The molecule has 3 heterocycles. The summed E-state index contributed by atoms with van der Waals surface area (Å²) in [5.41, 5.74) is 1.73. The maximum absolute atomic E-state index is 13.0. The molecule has 0 spiro atoms. The second-order valence-corrected chi connectivity index (χ2v) is 9.66. The standard InChI is InChI=1S/C23H24BrN3O3S/c1-2-9-27-22(29)20(31-23(27)30)12-16-14-26(19-8-7-17(24)13-18(16)19)15-21(28)25-10-5-3-4-6-11-25/h2,7-8,12-14H,1,3-6,9-11,15H2/b20-12-. The van der Waals surface area contributed by atoms with E-state index in [1.54, 1.807) is 6.08 Å². The fraction of sp³-hybridized carbons (Fsp3) is 0.348. The number of imide groups is 1. The van der Waals surface area contributed by atoms with E-state index in [1.807, 2.05) is 33.9 Å². The van der Waals surface area contributed by atoms with Crippen LogP contribution >= 0.6 is 27.7 Å². The summed E-state index contributed by atoms with van der Waals surface area (Å²) in [7, 11) is 0. The van der Waals surface area contributed by atoms with E-state index in [-0.39, 0.29) is 30.1 Å². The highest BCUT2D eigenvalue weighted by Gasteiger charge is 2.34. The zero-order valence-corrected chi connectivity index (χ0v) is 19.6. The summed E-state index contributed by atoms with van der Waals surface area (Å²) in [5, 5.41) is 0.631. The number of nitrogens with zero attached hydrogens (tertiary/aromatic N) is 3. The Morgan fingerprint density at radius 1 is 1.16 bits per heavy atom. The van der Waals surface area contributed by atoms with Crippen molar-refractivity contribution >= 4 is 61.7 Å². The Morgan fingerprint density at radius 2 is 1.90 bits per heavy atom. The summed E-state index contributed by atoms with van der Waals surface area (Å²) in [5.74, 6) is -0.203. The van der Waals surface area contributed by atoms with Crippen LogP contribution < -0.4 is 0 Å². The minimum atomic E-state index is -0.313. The van der Waals surface area contributed by atoms with Gasteiger partial charge in [0.2, 0.25) is 5.91 Å². The van der Waals surface area contributed by atoms with Gasteiger partial charge < -0.3 is 9.47 Å². The lowest BCUT2D eigenvalue weighted by molar-refractivity contribution is -0.131. The first-order valence-electron chi connectivity index (χ1n) is 10.4. The van der Waals surface area contributed by atoms with Crippen LogP contribution in [0.3, 0.4) is 0 Å². The number of fused-ring (bicyclic) bond motifs is 1. The molecule has 1 aromatic heterocycles. The number of aromatic nitrogens is 1. The van der Waals surface area contributed by atoms with E-state index >= 15 is 0 Å². The highest BCUT2D eigenvalue weighted by molar-refractivity contribution is 9.10. The van der Waals surface area contributed by atoms with E-state index in [2.05, 4.69) is 22.5 Å². The van der Waals surface area contributed by atoms with Gasteiger partial charge in [-0.05, 0) is 48.9 Å². The molecule has 0 radical (unpaired) electrons. The van der Waals surface area contributed by atoms with Crippen LogP contribution in [-0.4, -0.2) is 51.1 Å². The third-order valence-electron chi connectivity index (χ3n) is 5.61. The van der Waals surface area contributed by atoms with Crippen LogP contribution in [0.4, 0.5) is 4.79 Å². The summed E-state index contributed by atoms with van der Waals surface area (Å²) in [6, 6.07) is 5.88. The van der Waals surface area contributed by atoms with Crippen molar-refractivity contribution in [3.8, 4) is 0 Å². The number of carbonyl (C=O) groups is 3. The van der Waals surface area contributed by atoms with Crippen molar-refractivity contribution in [2.75, 3.05) is 19.6 Å². The van der Waals surface area contributed by atoms with Crippen molar-refractivity contribution in [2.45, 2.75) is 32.2 Å². The first-order valence-corrected chi connectivity index (χ1v) is 12.0. The molecule has 8 heteroatoms. The van der Waals surface area contributed by atoms with Crippen molar-refractivity contribution in [1.29, 1.82) is 0 Å². The number of hydrogen-bond donors (Lipinski definition) is 0. The molecule has 6 nitrogen and oxygen atoms in total. The normalized spacial score (nSPS) is 18.8. The average Bonchev–Trinajstić information content (AvgIpc) is 3.06. The first-order chi connectivity index (χ1) is 15.0. The largest absolute Gasteiger partial charge is 0.341 e. The smallest absolute Gasteiger partial charge is 0.293 e. The maximum atomic E-state index is 13.0. The van der Waals surface area contributed by atoms with Crippen molar-refractivity contribution in [1.82, 2.24) is 14.4 Å². The first kappa shape index (κ1) is 21.9. The number of rotatable bonds is 5. The molecule has 4 rings (SSSR count). The van der Waals surface area contributed by atoms with E-state index in [1.165, 1.54) is 23.8 Å². The zero-order chi connectivity index (χ0) is 22.0. The number of benzene rings is 1. The van der Waals surface area contributed by atoms with Gasteiger partial charge in [0.25, 0.3) is 11.1 Å². The molecular weight excluding hydrogens is 478 g/mol. The Bertz CT molecular complexity index is 1080. The molecule has 0 N–H and O–H groups in total. The zero-order valence-electron chi connectivity index (χ0n) is 17.2. The SMILES string of the molecule is C=CCN1C(=O)S/C(=C\c2cn(CC(=O)N3CCCCCC3)c3ccc(Br)cc23)C1=O. The molecule has 2 aliphatic rings. The Kier molecular flexibility index (Phi) is 6.67. The molecule has 0 saturated carbocycles. The maximum Gasteiger partial charge on any atom is 0.293 e. The molecule has 1 aromatic carbocycles. The van der Waals surface area contributed by atoms with E-state index in [4.69, 9.17) is 0 Å². The highest BCUT2D eigenvalue weighted by Crippen LogP contribution is 2.34. The van der Waals surface area contributed by atoms with Crippen LogP contribution in [0, 0.1) is 0 Å². The van der Waals surface area contributed by atoms with Gasteiger partial charge in [-0.3, -0.25) is 19.3 Å². The molecule has 0 atom stereocenters. The van der Waals surface area contributed by atoms with Crippen LogP contribution in [0.25, 0.3) is 17.0 Å². The molecule has 31 heavy (non-hydrogen) atoms. The van der Waals surface area contributed by atoms with Crippen molar-refractivity contribution in [2.24, 2.45) is 0 Å². The lowest BCUT2D eigenvalue weighted by atomic mass is 10.1. The lowest BCUT2D eigenvalue weighted by Gasteiger charge is -2.20. The number of thioether (sulfide) groups is 1. The molecule has 3 amide bonds. The predicted octanol–water partition coefficient (Wildman–Crippen LogP) is 5.03. The molecule has 0 bridgehead atoms. The van der Waals surface area contributed by atoms with Gasteiger partial charge in [0.1, 0.15) is 6.54 Å². The monoisotopic (exact) mass is 501 g/mol. The molecule has 2 saturated heterocycles. The predicted molar refractivity (Wildman–Crippen MR) is 128 cm³/mol. The molecular formula is C23H24BrN3O3S. The van der Waals surface area contributed by atoms with Gasteiger partial charge in [-0.2, -0.15) is 0 Å². The molecule has 2 fully saturated rings. The number of carbonyl (C=O) groups excluding carboxylic acids is 3. The summed E-state index contributed by atoms with van der Waals surface area (Å²) in [4.78, 5) is 41.3. The van der Waals surface area contributed by atoms with Crippen LogP contribution in [0.2, 0.25) is 0 Å². The van der Waals surface area contributed by atoms with Gasteiger partial charge in [-0.15, -0.1) is 6.58 Å². The fourth-order valence-electron chi connectivity index (χ4n) is 4.04. The summed E-state index contributed by atoms with van der Waals surface area (Å²) in [6.45, 7) is 5.68. The Morgan fingerprint density at radius 3 is 2.61 bits per heavy atom. The molecule has 0 unspecified atom stereocenters. The lowest BCUT2D eigenvalue weighted by Crippen LogP contribution is -2.34. The fourth-order valence-corrected chi connectivity index (χ4v) is 5.24. The second kappa shape index (κ2) is 9.44. The number of hydrogen-bond acceptors (Lipinski definition) is 4.